The lowest BCUT2D eigenvalue weighted by molar-refractivity contribution is -0.149. The molecule has 1 saturated heterocycles. The van der Waals surface area contributed by atoms with E-state index in [1.807, 2.05) is 0 Å². The van der Waals surface area contributed by atoms with Crippen molar-refractivity contribution in [1.82, 2.24) is 24.6 Å². The summed E-state index contributed by atoms with van der Waals surface area (Å²) in [4.78, 5) is 37.2. The molecule has 0 saturated carbocycles. The molecule has 18 heteroatoms. The van der Waals surface area contributed by atoms with E-state index in [2.05, 4.69) is 20.0 Å². The second kappa shape index (κ2) is 14.8. The number of nitrogens with zero attached hydrogens (tertiary/aromatic N) is 4. The first-order valence-corrected chi connectivity index (χ1v) is 16.7. The SMILES string of the molecule is CCOc1nc(N)nc2c1ncn2[C@@H]1O[C@H](CO[P@](=O)(N[C@@H](C)C(=O)OC(C)C)OCCSC(=O)C(C)(C)C)[C@@H](O)[C@@H]1Cl. The van der Waals surface area contributed by atoms with Gasteiger partial charge < -0.3 is 25.1 Å². The molecule has 0 radical (unpaired) electrons. The minimum absolute atomic E-state index is 0.0566. The first kappa shape index (κ1) is 35.4. The zero-order chi connectivity index (χ0) is 32.1. The van der Waals surface area contributed by atoms with Crippen molar-refractivity contribution in [2.75, 3.05) is 31.3 Å². The van der Waals surface area contributed by atoms with Gasteiger partial charge in [-0.15, -0.1) is 11.6 Å². The Morgan fingerprint density at radius 1 is 1.28 bits per heavy atom. The third-order valence-corrected chi connectivity index (χ3v) is 9.35. The summed E-state index contributed by atoms with van der Waals surface area (Å²) >= 11 is 7.58. The Balaban J connectivity index is 1.74. The molecule has 15 nitrogen and oxygen atoms in total. The molecule has 3 heterocycles. The van der Waals surface area contributed by atoms with Gasteiger partial charge in [-0.05, 0) is 27.7 Å². The number of anilines is 1. The number of nitrogen functional groups attached to an aromatic ring is 1. The van der Waals surface area contributed by atoms with E-state index in [1.54, 1.807) is 41.5 Å². The standard InChI is InChI=1S/C25H40ClN6O9PS/c1-8-37-20-17-19(29-24(27)30-20)32(12-28-17)21-16(26)18(33)15(41-21)11-39-42(36,31-14(4)22(34)40-13(2)3)38-9-10-43-23(35)25(5,6)7/h12-16,18,21,33H,8-11H2,1-7H3,(H,31,36)(H2,27,29,30)/t14-,15+,16-,18+,21+,42-/m0/s1. The summed E-state index contributed by atoms with van der Waals surface area (Å²) in [5.74, 6) is -0.353. The highest BCUT2D eigenvalue weighted by molar-refractivity contribution is 8.13. The molecule has 0 aliphatic carbocycles. The number of hydrogen-bond donors (Lipinski definition) is 3. The second-order valence-electron chi connectivity index (χ2n) is 11.0. The molecule has 0 bridgehead atoms. The lowest BCUT2D eigenvalue weighted by Gasteiger charge is -2.25. The van der Waals surface area contributed by atoms with Crippen LogP contribution < -0.4 is 15.6 Å². The maximum atomic E-state index is 13.7. The van der Waals surface area contributed by atoms with Gasteiger partial charge >= 0.3 is 13.7 Å². The first-order valence-electron chi connectivity index (χ1n) is 13.7. The lowest BCUT2D eigenvalue weighted by atomic mass is 10.00. The smallest absolute Gasteiger partial charge is 0.406 e. The number of aromatic nitrogens is 4. The number of carbonyl (C=O) groups excluding carboxylic acids is 2. The van der Waals surface area contributed by atoms with Crippen LogP contribution in [-0.4, -0.2) is 91.0 Å². The first-order chi connectivity index (χ1) is 20.1. The lowest BCUT2D eigenvalue weighted by Crippen LogP contribution is -2.37. The fourth-order valence-electron chi connectivity index (χ4n) is 3.81. The van der Waals surface area contributed by atoms with E-state index in [-0.39, 0.29) is 35.0 Å². The molecule has 1 fully saturated rings. The Morgan fingerprint density at radius 2 is 1.98 bits per heavy atom. The Labute approximate surface area is 259 Å². The number of rotatable bonds is 14. The summed E-state index contributed by atoms with van der Waals surface area (Å²) in [5.41, 5.74) is 5.88. The van der Waals surface area contributed by atoms with Crippen LogP contribution in [0.2, 0.25) is 0 Å². The predicted molar refractivity (Wildman–Crippen MR) is 161 cm³/mol. The van der Waals surface area contributed by atoms with Crippen LogP contribution in [0.3, 0.4) is 0 Å². The summed E-state index contributed by atoms with van der Waals surface area (Å²) in [7, 11) is -4.19. The third-order valence-electron chi connectivity index (χ3n) is 5.91. The predicted octanol–water partition coefficient (Wildman–Crippen LogP) is 3.05. The summed E-state index contributed by atoms with van der Waals surface area (Å²) in [6, 6.07) is -1.07. The van der Waals surface area contributed by atoms with Crippen molar-refractivity contribution in [3.05, 3.63) is 6.33 Å². The van der Waals surface area contributed by atoms with Gasteiger partial charge in [0.15, 0.2) is 22.5 Å². The minimum Gasteiger partial charge on any atom is -0.476 e. The van der Waals surface area contributed by atoms with Gasteiger partial charge in [-0.2, -0.15) is 9.97 Å². The number of imidazole rings is 1. The van der Waals surface area contributed by atoms with Crippen LogP contribution in [0, 0.1) is 5.41 Å². The molecule has 0 unspecified atom stereocenters. The Hall–Kier alpha value is -2.04. The molecular formula is C25H40ClN6O9PS. The van der Waals surface area contributed by atoms with E-state index in [1.165, 1.54) is 17.8 Å². The van der Waals surface area contributed by atoms with Crippen LogP contribution in [0.1, 0.15) is 54.7 Å². The highest BCUT2D eigenvalue weighted by Gasteiger charge is 2.46. The third kappa shape index (κ3) is 9.24. The number of halogens is 1. The van der Waals surface area contributed by atoms with Crippen molar-refractivity contribution in [3.8, 4) is 5.88 Å². The molecule has 2 aromatic rings. The molecule has 1 aliphatic heterocycles. The number of hydrogen-bond acceptors (Lipinski definition) is 14. The molecular weight excluding hydrogens is 627 g/mol. The van der Waals surface area contributed by atoms with Crippen molar-refractivity contribution < 1.29 is 42.5 Å². The number of nitrogens with two attached hydrogens (primary N) is 1. The zero-order valence-corrected chi connectivity index (χ0v) is 27.6. The van der Waals surface area contributed by atoms with E-state index in [4.69, 9.17) is 40.6 Å². The Kier molecular flexibility index (Phi) is 12.2. The Bertz CT molecular complexity index is 1330. The number of carbonyl (C=O) groups is 2. The maximum absolute atomic E-state index is 13.7. The molecule has 242 valence electrons. The highest BCUT2D eigenvalue weighted by atomic mass is 35.5. The molecule has 43 heavy (non-hydrogen) atoms. The van der Waals surface area contributed by atoms with Gasteiger partial charge in [0.1, 0.15) is 23.6 Å². The van der Waals surface area contributed by atoms with Crippen LogP contribution in [0.4, 0.5) is 5.95 Å². The molecule has 3 rings (SSSR count). The van der Waals surface area contributed by atoms with Crippen LogP contribution in [0.5, 0.6) is 5.88 Å². The van der Waals surface area contributed by atoms with Crippen LogP contribution in [0.25, 0.3) is 11.2 Å². The van der Waals surface area contributed by atoms with E-state index in [0.29, 0.717) is 12.1 Å². The minimum atomic E-state index is -4.19. The molecule has 2 aromatic heterocycles. The van der Waals surface area contributed by atoms with E-state index >= 15 is 0 Å². The van der Waals surface area contributed by atoms with E-state index in [0.717, 1.165) is 11.8 Å². The molecule has 1 aliphatic rings. The van der Waals surface area contributed by atoms with Crippen molar-refractivity contribution >= 4 is 59.3 Å². The fraction of sp³-hybridized carbons (Fsp3) is 0.720. The van der Waals surface area contributed by atoms with Crippen molar-refractivity contribution in [3.63, 3.8) is 0 Å². The molecule has 0 aromatic carbocycles. The van der Waals surface area contributed by atoms with Crippen molar-refractivity contribution in [1.29, 1.82) is 0 Å². The normalized spacial score (nSPS) is 22.9. The van der Waals surface area contributed by atoms with Crippen molar-refractivity contribution in [2.24, 2.45) is 5.41 Å². The average Bonchev–Trinajstić information content (AvgIpc) is 3.45. The average molecular weight is 667 g/mol. The van der Waals surface area contributed by atoms with Gasteiger partial charge in [-0.1, -0.05) is 32.5 Å². The van der Waals surface area contributed by atoms with Crippen LogP contribution in [0.15, 0.2) is 6.33 Å². The number of aliphatic hydroxyl groups is 1. The van der Waals surface area contributed by atoms with Gasteiger partial charge in [0.25, 0.3) is 0 Å². The molecule has 6 atom stereocenters. The highest BCUT2D eigenvalue weighted by Crippen LogP contribution is 2.46. The van der Waals surface area contributed by atoms with Gasteiger partial charge in [0, 0.05) is 11.2 Å². The fourth-order valence-corrected chi connectivity index (χ4v) is 6.54. The molecule has 4 N–H and O–H groups in total. The summed E-state index contributed by atoms with van der Waals surface area (Å²) < 4.78 is 43.1. The molecule has 0 amide bonds. The quantitative estimate of drug-likeness (QED) is 0.115. The number of esters is 1. The maximum Gasteiger partial charge on any atom is 0.406 e. The number of thioether (sulfide) groups is 1. The second-order valence-corrected chi connectivity index (χ2v) is 14.3. The van der Waals surface area contributed by atoms with Gasteiger partial charge in [0.2, 0.25) is 11.8 Å². The monoisotopic (exact) mass is 666 g/mol. The Morgan fingerprint density at radius 3 is 2.60 bits per heavy atom. The van der Waals surface area contributed by atoms with Gasteiger partial charge in [-0.3, -0.25) is 23.2 Å². The summed E-state index contributed by atoms with van der Waals surface area (Å²) in [6.45, 7) is 11.7. The zero-order valence-electron chi connectivity index (χ0n) is 25.2. The summed E-state index contributed by atoms with van der Waals surface area (Å²) in [6.07, 6.45) is -2.30. The molecule has 0 spiro atoms. The summed E-state index contributed by atoms with van der Waals surface area (Å²) in [5, 5.41) is 12.4. The van der Waals surface area contributed by atoms with E-state index in [9.17, 15) is 19.3 Å². The number of alkyl halides is 1. The largest absolute Gasteiger partial charge is 0.476 e. The van der Waals surface area contributed by atoms with E-state index < -0.39 is 61.7 Å². The number of ether oxygens (including phenoxy) is 3. The number of fused-ring (bicyclic) bond motifs is 1. The van der Waals surface area contributed by atoms with Gasteiger partial charge in [0.05, 0.1) is 32.3 Å². The van der Waals surface area contributed by atoms with Gasteiger partial charge in [-0.25, -0.2) is 14.6 Å². The van der Waals surface area contributed by atoms with Crippen molar-refractivity contribution in [2.45, 2.75) is 84.4 Å². The number of aliphatic hydroxyl groups excluding tert-OH is 1. The topological polar surface area (TPSA) is 199 Å². The van der Waals surface area contributed by atoms with Crippen LogP contribution >= 0.6 is 31.1 Å². The van der Waals surface area contributed by atoms with Crippen LogP contribution in [-0.2, 0) is 32.7 Å². The number of nitrogens with one attached hydrogen (secondary N) is 1.